The number of nitrogens with one attached hydrogen (secondary N) is 1. The number of carbonyl (C=O) groups is 1. The molecule has 206 valence electrons. The van der Waals surface area contributed by atoms with Gasteiger partial charge in [0.25, 0.3) is 0 Å². The molecule has 40 heavy (non-hydrogen) atoms. The highest BCUT2D eigenvalue weighted by Crippen LogP contribution is 2.45. The number of nitrogens with two attached hydrogens (primary N) is 1. The van der Waals surface area contributed by atoms with Crippen LogP contribution in [0.1, 0.15) is 26.5 Å². The molecule has 4 aromatic rings. The zero-order valence-electron chi connectivity index (χ0n) is 22.7. The third-order valence-corrected chi connectivity index (χ3v) is 6.76. The van der Waals surface area contributed by atoms with Gasteiger partial charge in [-0.3, -0.25) is 5.10 Å². The highest BCUT2D eigenvalue weighted by atomic mass is 19.1. The predicted octanol–water partition coefficient (Wildman–Crippen LogP) is 5.64. The smallest absolute Gasteiger partial charge is 0.410 e. The molecule has 10 nitrogen and oxygen atoms in total. The van der Waals surface area contributed by atoms with E-state index in [0.29, 0.717) is 59.7 Å². The summed E-state index contributed by atoms with van der Waals surface area (Å²) in [5.41, 5.74) is 9.93. The number of amides is 1. The van der Waals surface area contributed by atoms with Crippen LogP contribution in [0.5, 0.6) is 5.75 Å². The topological polar surface area (TPSA) is 125 Å². The first-order valence-electron chi connectivity index (χ1n) is 12.8. The number of pyridine rings is 1. The van der Waals surface area contributed by atoms with Crippen molar-refractivity contribution < 1.29 is 19.0 Å². The molecular formula is C29H30FN7O3. The Bertz CT molecular complexity index is 1660. The number of phenols is 1. The second-order valence-electron chi connectivity index (χ2n) is 10.7. The van der Waals surface area contributed by atoms with Crippen LogP contribution in [-0.4, -0.2) is 63.1 Å². The molecule has 0 aliphatic carbocycles. The molecule has 1 fully saturated rings. The Kier molecular flexibility index (Phi) is 6.71. The Labute approximate surface area is 231 Å². The van der Waals surface area contributed by atoms with E-state index in [2.05, 4.69) is 24.9 Å². The van der Waals surface area contributed by atoms with Gasteiger partial charge in [0.15, 0.2) is 5.65 Å². The molecule has 2 aromatic heterocycles. The molecule has 0 bridgehead atoms. The average molecular weight is 544 g/mol. The number of fused-ring (bicyclic) bond motifs is 1. The number of phenolic OH excluding ortho intramolecular Hbond substituents is 1. The Hall–Kier alpha value is -4.85. The van der Waals surface area contributed by atoms with E-state index in [1.807, 2.05) is 39.8 Å². The summed E-state index contributed by atoms with van der Waals surface area (Å²) < 4.78 is 20.4. The lowest BCUT2D eigenvalue weighted by Crippen LogP contribution is -2.50. The molecule has 3 heterocycles. The molecule has 1 aliphatic heterocycles. The fourth-order valence-electron chi connectivity index (χ4n) is 4.92. The Morgan fingerprint density at radius 1 is 1.18 bits per heavy atom. The van der Waals surface area contributed by atoms with Gasteiger partial charge in [0.2, 0.25) is 5.69 Å². The van der Waals surface area contributed by atoms with Gasteiger partial charge in [-0.2, -0.15) is 5.10 Å². The van der Waals surface area contributed by atoms with Crippen molar-refractivity contribution in [2.45, 2.75) is 33.3 Å². The van der Waals surface area contributed by atoms with E-state index in [0.717, 1.165) is 11.8 Å². The third-order valence-electron chi connectivity index (χ3n) is 6.76. The lowest BCUT2D eigenvalue weighted by Gasteiger charge is -2.37. The maximum Gasteiger partial charge on any atom is 0.410 e. The van der Waals surface area contributed by atoms with Gasteiger partial charge < -0.3 is 25.4 Å². The normalized spacial score (nSPS) is 13.9. The van der Waals surface area contributed by atoms with Gasteiger partial charge in [0.05, 0.1) is 23.6 Å². The van der Waals surface area contributed by atoms with Gasteiger partial charge in [-0.25, -0.2) is 19.0 Å². The van der Waals surface area contributed by atoms with Crippen LogP contribution in [0.15, 0.2) is 36.4 Å². The zero-order chi connectivity index (χ0) is 28.8. The van der Waals surface area contributed by atoms with E-state index in [-0.39, 0.29) is 28.8 Å². The van der Waals surface area contributed by atoms with Gasteiger partial charge in [-0.1, -0.05) is 6.07 Å². The average Bonchev–Trinajstić information content (AvgIpc) is 3.27. The van der Waals surface area contributed by atoms with E-state index in [1.165, 1.54) is 12.1 Å². The van der Waals surface area contributed by atoms with Crippen LogP contribution in [0, 0.1) is 19.3 Å². The summed E-state index contributed by atoms with van der Waals surface area (Å²) in [6.45, 7) is 17.5. The van der Waals surface area contributed by atoms with Crippen LogP contribution in [0.25, 0.3) is 38.3 Å². The standard InChI is InChI=1S/C29H30FN7O3/c1-16-23-24(26(32-5)25(33-27(23)35-34-16)19-8-7-18(38)15-20(19)30)17-6-9-22(21(31)14-17)36-10-12-37(13-11-36)28(39)40-29(2,3)4/h6-9,14-15,38H,10-13,31H2,1-4H3,(H,33,34,35). The van der Waals surface area contributed by atoms with Crippen molar-refractivity contribution in [3.8, 4) is 28.1 Å². The number of aromatic hydroxyl groups is 1. The molecule has 0 atom stereocenters. The molecular weight excluding hydrogens is 513 g/mol. The number of carbonyl (C=O) groups excluding carboxylic acids is 1. The number of benzene rings is 2. The van der Waals surface area contributed by atoms with Crippen LogP contribution in [0.4, 0.5) is 26.2 Å². The first kappa shape index (κ1) is 26.7. The van der Waals surface area contributed by atoms with E-state index < -0.39 is 11.4 Å². The minimum absolute atomic E-state index is 0.0834. The molecule has 1 saturated heterocycles. The van der Waals surface area contributed by atoms with Crippen LogP contribution in [0.2, 0.25) is 0 Å². The molecule has 4 N–H and O–H groups in total. The third kappa shape index (κ3) is 4.96. The van der Waals surface area contributed by atoms with Gasteiger partial charge in [-0.05, 0) is 57.5 Å². The summed E-state index contributed by atoms with van der Waals surface area (Å²) >= 11 is 0. The monoisotopic (exact) mass is 543 g/mol. The number of piperazine rings is 1. The van der Waals surface area contributed by atoms with Gasteiger partial charge in [0.1, 0.15) is 17.2 Å². The number of rotatable bonds is 3. The fourth-order valence-corrected chi connectivity index (χ4v) is 4.92. The van der Waals surface area contributed by atoms with E-state index in [1.54, 1.807) is 11.0 Å². The maximum atomic E-state index is 14.9. The maximum absolute atomic E-state index is 14.9. The van der Waals surface area contributed by atoms with Crippen molar-refractivity contribution >= 4 is 34.2 Å². The Morgan fingerprint density at radius 2 is 1.90 bits per heavy atom. The number of hydrogen-bond donors (Lipinski definition) is 3. The van der Waals surface area contributed by atoms with Crippen molar-refractivity contribution in [1.29, 1.82) is 0 Å². The number of nitrogen functional groups attached to an aromatic ring is 1. The van der Waals surface area contributed by atoms with Crippen LogP contribution >= 0.6 is 0 Å². The molecule has 1 aliphatic rings. The number of hydrogen-bond acceptors (Lipinski definition) is 7. The van der Waals surface area contributed by atoms with Gasteiger partial charge in [0, 0.05) is 54.5 Å². The second kappa shape index (κ2) is 10.0. The van der Waals surface area contributed by atoms with Crippen LogP contribution < -0.4 is 10.6 Å². The number of aromatic amines is 1. The first-order chi connectivity index (χ1) is 19.0. The molecule has 0 saturated carbocycles. The SMILES string of the molecule is [C-]#[N+]c1c(-c2ccc(O)cc2F)nc2n[nH]c(C)c2c1-c1ccc(N2CCN(C(=O)OC(C)(C)C)CC2)c(N)c1. The second-order valence-corrected chi connectivity index (χ2v) is 10.7. The summed E-state index contributed by atoms with van der Waals surface area (Å²) in [5, 5.41) is 17.5. The van der Waals surface area contributed by atoms with Crippen molar-refractivity contribution in [2.24, 2.45) is 0 Å². The van der Waals surface area contributed by atoms with E-state index in [9.17, 15) is 14.3 Å². The van der Waals surface area contributed by atoms with Gasteiger partial charge >= 0.3 is 6.09 Å². The number of halogens is 1. The number of nitrogens with zero attached hydrogens (tertiary/aromatic N) is 5. The van der Waals surface area contributed by atoms with Crippen LogP contribution in [-0.2, 0) is 4.74 Å². The number of aromatic nitrogens is 3. The highest BCUT2D eigenvalue weighted by Gasteiger charge is 2.27. The number of H-pyrrole nitrogens is 1. The molecule has 1 amide bonds. The first-order valence-corrected chi connectivity index (χ1v) is 12.8. The lowest BCUT2D eigenvalue weighted by atomic mass is 9.95. The van der Waals surface area contributed by atoms with Crippen molar-refractivity contribution in [1.82, 2.24) is 20.1 Å². The largest absolute Gasteiger partial charge is 0.508 e. The molecule has 11 heteroatoms. The Balaban J connectivity index is 1.52. The minimum atomic E-state index is -0.699. The number of ether oxygens (including phenoxy) is 1. The number of aryl methyl sites for hydroxylation is 1. The zero-order valence-corrected chi connectivity index (χ0v) is 22.7. The van der Waals surface area contributed by atoms with Crippen molar-refractivity contribution in [3.05, 3.63) is 59.3 Å². The summed E-state index contributed by atoms with van der Waals surface area (Å²) in [7, 11) is 0. The molecule has 2 aromatic carbocycles. The summed E-state index contributed by atoms with van der Waals surface area (Å²) in [6.07, 6.45) is -0.333. The van der Waals surface area contributed by atoms with Gasteiger partial charge in [-0.15, -0.1) is 0 Å². The minimum Gasteiger partial charge on any atom is -0.508 e. The number of anilines is 2. The lowest BCUT2D eigenvalue weighted by molar-refractivity contribution is 0.0240. The molecule has 0 radical (unpaired) electrons. The summed E-state index contributed by atoms with van der Waals surface area (Å²) in [5.74, 6) is -0.923. The fraction of sp³-hybridized carbons (Fsp3) is 0.310. The van der Waals surface area contributed by atoms with E-state index >= 15 is 0 Å². The van der Waals surface area contributed by atoms with Crippen LogP contribution in [0.3, 0.4) is 0 Å². The van der Waals surface area contributed by atoms with Crippen molar-refractivity contribution in [3.63, 3.8) is 0 Å². The summed E-state index contributed by atoms with van der Waals surface area (Å²) in [6, 6.07) is 9.29. The molecule has 0 unspecified atom stereocenters. The molecule has 0 spiro atoms. The predicted molar refractivity (Wildman–Crippen MR) is 152 cm³/mol. The highest BCUT2D eigenvalue weighted by molar-refractivity contribution is 6.06. The quantitative estimate of drug-likeness (QED) is 0.226. The van der Waals surface area contributed by atoms with Crippen molar-refractivity contribution in [2.75, 3.05) is 36.8 Å². The Morgan fingerprint density at radius 3 is 2.52 bits per heavy atom. The molecule has 5 rings (SSSR count). The summed E-state index contributed by atoms with van der Waals surface area (Å²) in [4.78, 5) is 24.5. The van der Waals surface area contributed by atoms with E-state index in [4.69, 9.17) is 17.0 Å².